The molecule has 6 heteroatoms. The number of amides is 1. The summed E-state index contributed by atoms with van der Waals surface area (Å²) in [6.45, 7) is 0. The number of benzene rings is 1. The summed E-state index contributed by atoms with van der Waals surface area (Å²) in [5, 5.41) is 1.06. The molecule has 0 saturated heterocycles. The number of hydrogen-bond donors (Lipinski definition) is 0. The fourth-order valence-electron chi connectivity index (χ4n) is 1.11. The molecule has 0 fully saturated rings. The molecule has 0 heterocycles. The molecule has 1 rings (SSSR count). The summed E-state index contributed by atoms with van der Waals surface area (Å²) >= 11 is 0. The summed E-state index contributed by atoms with van der Waals surface area (Å²) in [4.78, 5) is 16.5. The molecule has 88 valence electrons. The molecular formula is C10H13NO4S. The SMILES string of the molecule is CON(C)C(=O)c1ccc(S(C)(=O)=O)cc1. The van der Waals surface area contributed by atoms with E-state index in [1.807, 2.05) is 0 Å². The van der Waals surface area contributed by atoms with Gasteiger partial charge in [0, 0.05) is 18.9 Å². The average Bonchev–Trinajstić information content (AvgIpc) is 2.26. The third-order valence-electron chi connectivity index (χ3n) is 2.09. The molecule has 0 aliphatic heterocycles. The summed E-state index contributed by atoms with van der Waals surface area (Å²) < 4.78 is 22.4. The van der Waals surface area contributed by atoms with Gasteiger partial charge >= 0.3 is 0 Å². The summed E-state index contributed by atoms with van der Waals surface area (Å²) in [6.07, 6.45) is 1.12. The molecular weight excluding hydrogens is 230 g/mol. The van der Waals surface area contributed by atoms with Crippen LogP contribution < -0.4 is 0 Å². The molecule has 1 amide bonds. The minimum Gasteiger partial charge on any atom is -0.274 e. The van der Waals surface area contributed by atoms with E-state index in [1.54, 1.807) is 0 Å². The van der Waals surface area contributed by atoms with Gasteiger partial charge in [0.25, 0.3) is 5.91 Å². The first kappa shape index (κ1) is 12.7. The second-order valence-corrected chi connectivity index (χ2v) is 5.30. The lowest BCUT2D eigenvalue weighted by molar-refractivity contribution is -0.0757. The summed E-state index contributed by atoms with van der Waals surface area (Å²) in [7, 11) is -0.371. The highest BCUT2D eigenvalue weighted by molar-refractivity contribution is 7.90. The van der Waals surface area contributed by atoms with E-state index in [1.165, 1.54) is 38.4 Å². The van der Waals surface area contributed by atoms with Crippen molar-refractivity contribution in [2.24, 2.45) is 0 Å². The number of carbonyl (C=O) groups is 1. The van der Waals surface area contributed by atoms with E-state index in [4.69, 9.17) is 4.84 Å². The van der Waals surface area contributed by atoms with Crippen LogP contribution in [0.5, 0.6) is 0 Å². The molecule has 0 aliphatic carbocycles. The van der Waals surface area contributed by atoms with E-state index in [-0.39, 0.29) is 10.8 Å². The van der Waals surface area contributed by atoms with Gasteiger partial charge in [-0.2, -0.15) is 0 Å². The van der Waals surface area contributed by atoms with Crippen LogP contribution in [0.2, 0.25) is 0 Å². The highest BCUT2D eigenvalue weighted by atomic mass is 32.2. The lowest BCUT2D eigenvalue weighted by Gasteiger charge is -2.13. The quantitative estimate of drug-likeness (QED) is 0.734. The monoisotopic (exact) mass is 243 g/mol. The van der Waals surface area contributed by atoms with Crippen molar-refractivity contribution in [3.63, 3.8) is 0 Å². The second-order valence-electron chi connectivity index (χ2n) is 3.28. The van der Waals surface area contributed by atoms with Gasteiger partial charge in [0.15, 0.2) is 9.84 Å². The first-order valence-electron chi connectivity index (χ1n) is 4.48. The fraction of sp³-hybridized carbons (Fsp3) is 0.300. The molecule has 0 unspecified atom stereocenters. The first-order chi connectivity index (χ1) is 7.36. The Morgan fingerprint density at radius 3 is 2.12 bits per heavy atom. The molecule has 0 N–H and O–H groups in total. The van der Waals surface area contributed by atoms with Gasteiger partial charge in [0.1, 0.15) is 0 Å². The average molecular weight is 243 g/mol. The topological polar surface area (TPSA) is 63.7 Å². The number of rotatable bonds is 3. The van der Waals surface area contributed by atoms with Crippen LogP contribution in [0.3, 0.4) is 0 Å². The van der Waals surface area contributed by atoms with Gasteiger partial charge in [-0.15, -0.1) is 0 Å². The molecule has 0 spiro atoms. The Bertz CT molecular complexity index is 478. The normalized spacial score (nSPS) is 11.2. The number of hydroxylamine groups is 2. The summed E-state index contributed by atoms with van der Waals surface area (Å²) in [6, 6.07) is 5.70. The second kappa shape index (κ2) is 4.63. The maximum atomic E-state index is 11.6. The third-order valence-corrected chi connectivity index (χ3v) is 3.22. The highest BCUT2D eigenvalue weighted by Gasteiger charge is 2.12. The molecule has 0 aliphatic rings. The van der Waals surface area contributed by atoms with E-state index in [0.29, 0.717) is 5.56 Å². The molecule has 0 bridgehead atoms. The number of sulfone groups is 1. The van der Waals surface area contributed by atoms with Crippen LogP contribution in [-0.2, 0) is 14.7 Å². The molecule has 0 aromatic heterocycles. The van der Waals surface area contributed by atoms with Crippen molar-refractivity contribution in [2.45, 2.75) is 4.90 Å². The van der Waals surface area contributed by atoms with E-state index in [9.17, 15) is 13.2 Å². The number of nitrogens with zero attached hydrogens (tertiary/aromatic N) is 1. The van der Waals surface area contributed by atoms with Gasteiger partial charge in [-0.1, -0.05) is 0 Å². The van der Waals surface area contributed by atoms with Crippen molar-refractivity contribution in [2.75, 3.05) is 20.4 Å². The largest absolute Gasteiger partial charge is 0.277 e. The van der Waals surface area contributed by atoms with Crippen LogP contribution >= 0.6 is 0 Å². The van der Waals surface area contributed by atoms with Crippen LogP contribution in [0.25, 0.3) is 0 Å². The smallest absolute Gasteiger partial charge is 0.274 e. The lowest BCUT2D eigenvalue weighted by atomic mass is 10.2. The van der Waals surface area contributed by atoms with Gasteiger partial charge in [0.2, 0.25) is 0 Å². The molecule has 0 radical (unpaired) electrons. The van der Waals surface area contributed by atoms with Crippen LogP contribution in [0.4, 0.5) is 0 Å². The predicted octanol–water partition coefficient (Wildman–Crippen LogP) is 0.723. The van der Waals surface area contributed by atoms with Gasteiger partial charge in [0.05, 0.1) is 12.0 Å². The summed E-state index contributed by atoms with van der Waals surface area (Å²) in [5.41, 5.74) is 0.372. The zero-order valence-corrected chi connectivity index (χ0v) is 10.1. The van der Waals surface area contributed by atoms with Gasteiger partial charge < -0.3 is 0 Å². The Balaban J connectivity index is 3.00. The lowest BCUT2D eigenvalue weighted by Crippen LogP contribution is -2.25. The number of hydrogen-bond acceptors (Lipinski definition) is 4. The maximum Gasteiger partial charge on any atom is 0.277 e. The highest BCUT2D eigenvalue weighted by Crippen LogP contribution is 2.11. The minimum atomic E-state index is -3.23. The van der Waals surface area contributed by atoms with Gasteiger partial charge in [-0.05, 0) is 24.3 Å². The maximum absolute atomic E-state index is 11.6. The van der Waals surface area contributed by atoms with E-state index < -0.39 is 9.84 Å². The predicted molar refractivity (Wildman–Crippen MR) is 58.7 cm³/mol. The van der Waals surface area contributed by atoms with Crippen LogP contribution in [0.1, 0.15) is 10.4 Å². The van der Waals surface area contributed by atoms with Crippen molar-refractivity contribution < 1.29 is 18.0 Å². The Morgan fingerprint density at radius 1 is 1.25 bits per heavy atom. The zero-order chi connectivity index (χ0) is 12.3. The van der Waals surface area contributed by atoms with Crippen molar-refractivity contribution >= 4 is 15.7 Å². The molecule has 1 aromatic carbocycles. The number of carbonyl (C=O) groups excluding carboxylic acids is 1. The fourth-order valence-corrected chi connectivity index (χ4v) is 1.74. The minimum absolute atomic E-state index is 0.184. The molecule has 16 heavy (non-hydrogen) atoms. The van der Waals surface area contributed by atoms with Crippen molar-refractivity contribution in [1.82, 2.24) is 5.06 Å². The van der Waals surface area contributed by atoms with Crippen molar-refractivity contribution in [1.29, 1.82) is 0 Å². The summed E-state index contributed by atoms with van der Waals surface area (Å²) in [5.74, 6) is -0.331. The van der Waals surface area contributed by atoms with Crippen LogP contribution in [-0.4, -0.2) is 39.8 Å². The van der Waals surface area contributed by atoms with Crippen LogP contribution in [0.15, 0.2) is 29.2 Å². The van der Waals surface area contributed by atoms with Crippen molar-refractivity contribution in [3.05, 3.63) is 29.8 Å². The van der Waals surface area contributed by atoms with E-state index in [2.05, 4.69) is 0 Å². The first-order valence-corrected chi connectivity index (χ1v) is 6.37. The Labute approximate surface area is 94.5 Å². The Hall–Kier alpha value is -1.40. The Morgan fingerprint density at radius 2 is 1.75 bits per heavy atom. The van der Waals surface area contributed by atoms with Crippen molar-refractivity contribution in [3.8, 4) is 0 Å². The Kier molecular flexibility index (Phi) is 3.66. The standard InChI is InChI=1S/C10H13NO4S/c1-11(15-2)10(12)8-4-6-9(7-5-8)16(3,13)14/h4-7H,1-3H3. The van der Waals surface area contributed by atoms with Gasteiger partial charge in [-0.25, -0.2) is 13.5 Å². The molecule has 1 aromatic rings. The molecule has 0 saturated carbocycles. The van der Waals surface area contributed by atoms with E-state index >= 15 is 0 Å². The molecule has 0 atom stereocenters. The molecule has 5 nitrogen and oxygen atoms in total. The zero-order valence-electron chi connectivity index (χ0n) is 9.30. The van der Waals surface area contributed by atoms with Gasteiger partial charge in [-0.3, -0.25) is 9.63 Å². The third kappa shape index (κ3) is 2.80. The van der Waals surface area contributed by atoms with E-state index in [0.717, 1.165) is 11.3 Å². The van der Waals surface area contributed by atoms with Crippen LogP contribution in [0, 0.1) is 0 Å².